The predicted molar refractivity (Wildman–Crippen MR) is 62.8 cm³/mol. The molecule has 0 amide bonds. The van der Waals surface area contributed by atoms with Crippen molar-refractivity contribution in [3.05, 3.63) is 27.6 Å². The van der Waals surface area contributed by atoms with Gasteiger partial charge < -0.3 is 0 Å². The summed E-state index contributed by atoms with van der Waals surface area (Å²) in [6, 6.07) is 1.79. The molecule has 4 nitrogen and oxygen atoms in total. The summed E-state index contributed by atoms with van der Waals surface area (Å²) in [5.41, 5.74) is 1.68. The molecule has 15 heavy (non-hydrogen) atoms. The number of allylic oxidation sites excluding steroid dienone is 2. The van der Waals surface area contributed by atoms with E-state index in [9.17, 15) is 0 Å². The summed E-state index contributed by atoms with van der Waals surface area (Å²) < 4.78 is 2.34. The molecule has 2 heterocycles. The molecule has 6 heteroatoms. The Bertz CT molecular complexity index is 546. The number of halogens is 2. The van der Waals surface area contributed by atoms with Crippen LogP contribution in [-0.4, -0.2) is 19.8 Å². The van der Waals surface area contributed by atoms with Crippen molar-refractivity contribution in [2.24, 2.45) is 0 Å². The Morgan fingerprint density at radius 2 is 2.27 bits per heavy atom. The van der Waals surface area contributed by atoms with Gasteiger partial charge in [0.1, 0.15) is 0 Å². The molecule has 78 valence electrons. The van der Waals surface area contributed by atoms with E-state index in [0.29, 0.717) is 21.1 Å². The molecule has 0 radical (unpaired) electrons. The van der Waals surface area contributed by atoms with E-state index in [2.05, 4.69) is 31.2 Å². The van der Waals surface area contributed by atoms with Crippen LogP contribution in [0.2, 0.25) is 5.15 Å². The molecular weight excluding hydrogens is 279 g/mol. The number of hydrogen-bond acceptors (Lipinski definition) is 3. The highest BCUT2D eigenvalue weighted by atomic mass is 79.9. The lowest BCUT2D eigenvalue weighted by molar-refractivity contribution is 0.901. The van der Waals surface area contributed by atoms with E-state index in [-0.39, 0.29) is 0 Å². The Kier molecular flexibility index (Phi) is 2.75. The van der Waals surface area contributed by atoms with Crippen LogP contribution < -0.4 is 0 Å². The van der Waals surface area contributed by atoms with Crippen molar-refractivity contribution in [2.45, 2.75) is 13.8 Å². The molecule has 0 saturated carbocycles. The van der Waals surface area contributed by atoms with Crippen molar-refractivity contribution in [3.63, 3.8) is 0 Å². The monoisotopic (exact) mass is 286 g/mol. The fraction of sp³-hybridized carbons (Fsp3) is 0.222. The van der Waals surface area contributed by atoms with Crippen molar-refractivity contribution in [1.29, 1.82) is 0 Å². The fourth-order valence-corrected chi connectivity index (χ4v) is 1.58. The van der Waals surface area contributed by atoms with Crippen LogP contribution in [0.1, 0.15) is 19.7 Å². The molecule has 0 aliphatic rings. The summed E-state index contributed by atoms with van der Waals surface area (Å²) >= 11 is 9.20. The van der Waals surface area contributed by atoms with Gasteiger partial charge in [-0.1, -0.05) is 17.7 Å². The highest BCUT2D eigenvalue weighted by Crippen LogP contribution is 2.22. The van der Waals surface area contributed by atoms with Crippen LogP contribution in [-0.2, 0) is 0 Å². The number of aromatic nitrogens is 4. The molecule has 2 aromatic heterocycles. The van der Waals surface area contributed by atoms with Crippen LogP contribution in [0.3, 0.4) is 0 Å². The van der Waals surface area contributed by atoms with Crippen LogP contribution in [0.15, 0.2) is 16.6 Å². The first-order chi connectivity index (χ1) is 7.13. The summed E-state index contributed by atoms with van der Waals surface area (Å²) in [6.07, 6.45) is 1.95. The maximum Gasteiger partial charge on any atom is 0.180 e. The van der Waals surface area contributed by atoms with Crippen molar-refractivity contribution in [3.8, 4) is 0 Å². The van der Waals surface area contributed by atoms with E-state index in [1.807, 2.05) is 19.9 Å². The normalized spacial score (nSPS) is 12.4. The maximum atomic E-state index is 5.91. The highest BCUT2D eigenvalue weighted by molar-refractivity contribution is 9.10. The molecule has 0 atom stereocenters. The number of rotatable bonds is 1. The van der Waals surface area contributed by atoms with E-state index < -0.39 is 0 Å². The van der Waals surface area contributed by atoms with E-state index >= 15 is 0 Å². The second-order valence-electron chi connectivity index (χ2n) is 3.05. The topological polar surface area (TPSA) is 43.1 Å². The summed E-state index contributed by atoms with van der Waals surface area (Å²) in [7, 11) is 0. The molecular formula is C9H8BrClN4. The first kappa shape index (κ1) is 10.6. The summed E-state index contributed by atoms with van der Waals surface area (Å²) in [6.45, 7) is 3.89. The van der Waals surface area contributed by atoms with Gasteiger partial charge in [0.2, 0.25) is 0 Å². The first-order valence-electron chi connectivity index (χ1n) is 4.34. The SMILES string of the molecule is C/C=C(\C)c1nnc2cc(Br)c(Cl)nn12. The third-order valence-corrected chi connectivity index (χ3v) is 3.20. The van der Waals surface area contributed by atoms with Crippen LogP contribution in [0.25, 0.3) is 11.2 Å². The summed E-state index contributed by atoms with van der Waals surface area (Å²) in [5.74, 6) is 0.710. The van der Waals surface area contributed by atoms with E-state index in [0.717, 1.165) is 5.57 Å². The van der Waals surface area contributed by atoms with E-state index in [1.165, 1.54) is 0 Å². The fourth-order valence-electron chi connectivity index (χ4n) is 1.16. The molecule has 0 spiro atoms. The quantitative estimate of drug-likeness (QED) is 0.810. The lowest BCUT2D eigenvalue weighted by Crippen LogP contribution is -1.97. The summed E-state index contributed by atoms with van der Waals surface area (Å²) in [4.78, 5) is 0. The van der Waals surface area contributed by atoms with Crippen molar-refractivity contribution < 1.29 is 0 Å². The third kappa shape index (κ3) is 1.77. The van der Waals surface area contributed by atoms with Crippen LogP contribution in [0, 0.1) is 0 Å². The number of fused-ring (bicyclic) bond motifs is 1. The van der Waals surface area contributed by atoms with Gasteiger partial charge in [0.25, 0.3) is 0 Å². The Morgan fingerprint density at radius 1 is 1.53 bits per heavy atom. The minimum Gasteiger partial charge on any atom is -0.192 e. The maximum absolute atomic E-state index is 5.91. The standard InChI is InChI=1S/C9H8BrClN4/c1-3-5(2)9-13-12-7-4-6(10)8(11)14-15(7)9/h3-4H,1-2H3/b5-3+. The van der Waals surface area contributed by atoms with Crippen molar-refractivity contribution >= 4 is 38.8 Å². The van der Waals surface area contributed by atoms with E-state index in [1.54, 1.807) is 10.6 Å². The van der Waals surface area contributed by atoms with Crippen LogP contribution in [0.4, 0.5) is 0 Å². The lowest BCUT2D eigenvalue weighted by Gasteiger charge is -1.99. The van der Waals surface area contributed by atoms with Gasteiger partial charge >= 0.3 is 0 Å². The second kappa shape index (κ2) is 3.90. The number of nitrogens with zero attached hydrogens (tertiary/aromatic N) is 4. The molecule has 0 saturated heterocycles. The number of hydrogen-bond donors (Lipinski definition) is 0. The zero-order chi connectivity index (χ0) is 11.0. The van der Waals surface area contributed by atoms with Gasteiger partial charge in [0.05, 0.1) is 4.47 Å². The molecule has 0 unspecified atom stereocenters. The van der Waals surface area contributed by atoms with Gasteiger partial charge in [-0.15, -0.1) is 10.2 Å². The Labute approximate surface area is 100 Å². The van der Waals surface area contributed by atoms with Crippen LogP contribution in [0.5, 0.6) is 0 Å². The molecule has 2 aromatic rings. The highest BCUT2D eigenvalue weighted by Gasteiger charge is 2.10. The Balaban J connectivity index is 2.75. The molecule has 0 aromatic carbocycles. The third-order valence-electron chi connectivity index (χ3n) is 2.09. The van der Waals surface area contributed by atoms with Crippen LogP contribution >= 0.6 is 27.5 Å². The first-order valence-corrected chi connectivity index (χ1v) is 5.51. The largest absolute Gasteiger partial charge is 0.192 e. The molecule has 2 rings (SSSR count). The van der Waals surface area contributed by atoms with Gasteiger partial charge in [-0.2, -0.15) is 9.61 Å². The van der Waals surface area contributed by atoms with Crippen molar-refractivity contribution in [1.82, 2.24) is 19.8 Å². The van der Waals surface area contributed by atoms with E-state index in [4.69, 9.17) is 11.6 Å². The zero-order valence-electron chi connectivity index (χ0n) is 8.20. The Hall–Kier alpha value is -0.940. The predicted octanol–water partition coefficient (Wildman–Crippen LogP) is 2.96. The smallest absolute Gasteiger partial charge is 0.180 e. The minimum atomic E-state index is 0.396. The van der Waals surface area contributed by atoms with Gasteiger partial charge in [0.15, 0.2) is 16.6 Å². The lowest BCUT2D eigenvalue weighted by atomic mass is 10.3. The van der Waals surface area contributed by atoms with Gasteiger partial charge in [-0.3, -0.25) is 0 Å². The Morgan fingerprint density at radius 3 is 2.93 bits per heavy atom. The average molecular weight is 288 g/mol. The van der Waals surface area contributed by atoms with Crippen molar-refractivity contribution in [2.75, 3.05) is 0 Å². The van der Waals surface area contributed by atoms with Gasteiger partial charge in [-0.05, 0) is 35.4 Å². The van der Waals surface area contributed by atoms with Gasteiger partial charge in [0, 0.05) is 6.07 Å². The molecule has 0 aliphatic heterocycles. The average Bonchev–Trinajstić information content (AvgIpc) is 2.61. The summed E-state index contributed by atoms with van der Waals surface area (Å²) in [5, 5.41) is 12.6. The minimum absolute atomic E-state index is 0.396. The molecule has 0 N–H and O–H groups in total. The zero-order valence-corrected chi connectivity index (χ0v) is 10.5. The van der Waals surface area contributed by atoms with Gasteiger partial charge in [-0.25, -0.2) is 0 Å². The molecule has 0 aliphatic carbocycles. The molecule has 0 bridgehead atoms. The second-order valence-corrected chi connectivity index (χ2v) is 4.26. The molecule has 0 fully saturated rings.